The molecule has 0 radical (unpaired) electrons. The second-order valence-corrected chi connectivity index (χ2v) is 3.51. The Morgan fingerprint density at radius 3 is 3.00 bits per heavy atom. The normalized spacial score (nSPS) is 12.6. The highest BCUT2D eigenvalue weighted by Crippen LogP contribution is 2.26. The predicted molar refractivity (Wildman–Crippen MR) is 57.8 cm³/mol. The number of hydrogen-bond donors (Lipinski definition) is 1. The molecule has 4 nitrogen and oxygen atoms in total. The number of rotatable bonds is 3. The molecule has 4 heteroatoms. The van der Waals surface area contributed by atoms with Crippen molar-refractivity contribution < 1.29 is 19.1 Å². The second kappa shape index (κ2) is 4.37. The Labute approximate surface area is 92.4 Å². The first-order valence-electron chi connectivity index (χ1n) is 4.96. The molecule has 0 unspecified atom stereocenters. The molecule has 2 aromatic rings. The third-order valence-corrected chi connectivity index (χ3v) is 2.31. The summed E-state index contributed by atoms with van der Waals surface area (Å²) in [5.41, 5.74) is 1.34. The molecule has 1 N–H and O–H groups in total. The summed E-state index contributed by atoms with van der Waals surface area (Å²) >= 11 is 0. The Hall–Kier alpha value is -1.81. The van der Waals surface area contributed by atoms with Crippen molar-refractivity contribution in [3.05, 3.63) is 36.1 Å². The fraction of sp³-hybridized carbons (Fsp3) is 0.250. The highest BCUT2D eigenvalue weighted by atomic mass is 16.5. The quantitative estimate of drug-likeness (QED) is 0.804. The Bertz CT molecular complexity index is 500. The van der Waals surface area contributed by atoms with Gasteiger partial charge in [-0.05, 0) is 6.07 Å². The van der Waals surface area contributed by atoms with E-state index < -0.39 is 12.1 Å². The number of carbonyl (C=O) groups excluding carboxylic acids is 1. The average molecular weight is 220 g/mol. The van der Waals surface area contributed by atoms with Gasteiger partial charge in [0.25, 0.3) is 0 Å². The lowest BCUT2D eigenvalue weighted by atomic mass is 10.1. The van der Waals surface area contributed by atoms with Crippen molar-refractivity contribution in [3.63, 3.8) is 0 Å². The summed E-state index contributed by atoms with van der Waals surface area (Å²) in [5, 5.41) is 10.7. The molecule has 0 bridgehead atoms. The summed E-state index contributed by atoms with van der Waals surface area (Å²) in [6, 6.07) is 7.39. The summed E-state index contributed by atoms with van der Waals surface area (Å²) in [7, 11) is 0. The van der Waals surface area contributed by atoms with Crippen molar-refractivity contribution in [2.75, 3.05) is 6.61 Å². The third-order valence-electron chi connectivity index (χ3n) is 2.31. The number of hydrogen-bond acceptors (Lipinski definition) is 4. The fourth-order valence-corrected chi connectivity index (χ4v) is 1.54. The minimum atomic E-state index is -0.854. The highest BCUT2D eigenvalue weighted by Gasteiger charge is 2.15. The molecule has 0 amide bonds. The molecule has 0 saturated carbocycles. The van der Waals surface area contributed by atoms with E-state index in [9.17, 15) is 9.90 Å². The van der Waals surface area contributed by atoms with Gasteiger partial charge >= 0.3 is 5.97 Å². The van der Waals surface area contributed by atoms with Gasteiger partial charge in [-0.15, -0.1) is 0 Å². The van der Waals surface area contributed by atoms with Gasteiger partial charge in [-0.3, -0.25) is 4.79 Å². The third kappa shape index (κ3) is 2.06. The molecule has 1 atom stereocenters. The predicted octanol–water partition coefficient (Wildman–Crippen LogP) is 2.03. The number of para-hydroxylation sites is 1. The summed E-state index contributed by atoms with van der Waals surface area (Å²) in [4.78, 5) is 10.6. The van der Waals surface area contributed by atoms with Crippen LogP contribution in [0.15, 0.2) is 34.9 Å². The number of carbonyl (C=O) groups is 1. The minimum absolute atomic E-state index is 0.0567. The number of aliphatic hydroxyl groups excluding tert-OH is 1. The Morgan fingerprint density at radius 1 is 1.50 bits per heavy atom. The monoisotopic (exact) mass is 220 g/mol. The van der Waals surface area contributed by atoms with E-state index in [2.05, 4.69) is 0 Å². The van der Waals surface area contributed by atoms with Gasteiger partial charge in [0.2, 0.25) is 0 Å². The number of ether oxygens (including phenoxy) is 1. The smallest absolute Gasteiger partial charge is 0.302 e. The maximum atomic E-state index is 10.6. The molecule has 1 aromatic carbocycles. The first-order chi connectivity index (χ1) is 7.68. The van der Waals surface area contributed by atoms with Crippen LogP contribution in [0.25, 0.3) is 11.0 Å². The fourth-order valence-electron chi connectivity index (χ4n) is 1.54. The molecule has 0 aliphatic heterocycles. The van der Waals surface area contributed by atoms with Crippen molar-refractivity contribution in [1.29, 1.82) is 0 Å². The number of fused-ring (bicyclic) bond motifs is 1. The largest absolute Gasteiger partial charge is 0.464 e. The Balaban J connectivity index is 2.22. The van der Waals surface area contributed by atoms with Gasteiger partial charge < -0.3 is 14.3 Å². The maximum Gasteiger partial charge on any atom is 0.302 e. The molecule has 0 aliphatic carbocycles. The van der Waals surface area contributed by atoms with Gasteiger partial charge in [0.05, 0.1) is 6.26 Å². The van der Waals surface area contributed by atoms with Crippen LogP contribution in [0, 0.1) is 0 Å². The van der Waals surface area contributed by atoms with E-state index in [1.807, 2.05) is 24.3 Å². The topological polar surface area (TPSA) is 59.7 Å². The van der Waals surface area contributed by atoms with Gasteiger partial charge in [-0.2, -0.15) is 0 Å². The average Bonchev–Trinajstić information content (AvgIpc) is 2.69. The molecule has 2 rings (SSSR count). The SMILES string of the molecule is CC(=O)OC[C@@H](O)c1coc2ccccc12. The van der Waals surface area contributed by atoms with E-state index in [1.54, 1.807) is 0 Å². The molecule has 84 valence electrons. The standard InChI is InChI=1S/C12H12O4/c1-8(13)15-7-11(14)10-6-16-12-5-3-2-4-9(10)12/h2-6,11,14H,7H2,1H3/t11-/m1/s1. The van der Waals surface area contributed by atoms with Crippen molar-refractivity contribution >= 4 is 16.9 Å². The van der Waals surface area contributed by atoms with Crippen LogP contribution in [0.4, 0.5) is 0 Å². The van der Waals surface area contributed by atoms with E-state index in [0.717, 1.165) is 5.39 Å². The molecule has 0 fully saturated rings. The molecule has 0 spiro atoms. The van der Waals surface area contributed by atoms with Crippen LogP contribution in [-0.2, 0) is 9.53 Å². The van der Waals surface area contributed by atoms with E-state index in [0.29, 0.717) is 11.1 Å². The zero-order chi connectivity index (χ0) is 11.5. The van der Waals surface area contributed by atoms with Crippen LogP contribution in [0.3, 0.4) is 0 Å². The van der Waals surface area contributed by atoms with Gasteiger partial charge in [0.1, 0.15) is 18.3 Å². The molecule has 0 saturated heterocycles. The van der Waals surface area contributed by atoms with Gasteiger partial charge in [-0.25, -0.2) is 0 Å². The lowest BCUT2D eigenvalue weighted by Crippen LogP contribution is -2.09. The first kappa shape index (κ1) is 10.7. The van der Waals surface area contributed by atoms with E-state index in [4.69, 9.17) is 9.15 Å². The maximum absolute atomic E-state index is 10.6. The van der Waals surface area contributed by atoms with Crippen molar-refractivity contribution in [2.24, 2.45) is 0 Å². The molecular weight excluding hydrogens is 208 g/mol. The molecular formula is C12H12O4. The number of benzene rings is 1. The van der Waals surface area contributed by atoms with Crippen molar-refractivity contribution in [2.45, 2.75) is 13.0 Å². The Kier molecular flexibility index (Phi) is 2.92. The van der Waals surface area contributed by atoms with Crippen LogP contribution >= 0.6 is 0 Å². The summed E-state index contributed by atoms with van der Waals surface area (Å²) in [5.74, 6) is -0.410. The van der Waals surface area contributed by atoms with Crippen LogP contribution in [0.1, 0.15) is 18.6 Å². The number of furan rings is 1. The molecule has 0 aliphatic rings. The van der Waals surface area contributed by atoms with Crippen LogP contribution in [-0.4, -0.2) is 17.7 Å². The first-order valence-corrected chi connectivity index (χ1v) is 4.96. The van der Waals surface area contributed by atoms with Crippen molar-refractivity contribution in [3.8, 4) is 0 Å². The van der Waals surface area contributed by atoms with Crippen LogP contribution in [0.5, 0.6) is 0 Å². The van der Waals surface area contributed by atoms with Crippen LogP contribution in [0.2, 0.25) is 0 Å². The van der Waals surface area contributed by atoms with Gasteiger partial charge in [-0.1, -0.05) is 18.2 Å². The lowest BCUT2D eigenvalue weighted by Gasteiger charge is -2.08. The Morgan fingerprint density at radius 2 is 2.25 bits per heavy atom. The summed E-state index contributed by atoms with van der Waals surface area (Å²) in [6.07, 6.45) is 0.631. The zero-order valence-electron chi connectivity index (χ0n) is 8.84. The highest BCUT2D eigenvalue weighted by molar-refractivity contribution is 5.81. The van der Waals surface area contributed by atoms with E-state index in [-0.39, 0.29) is 6.61 Å². The summed E-state index contributed by atoms with van der Waals surface area (Å²) in [6.45, 7) is 1.25. The van der Waals surface area contributed by atoms with E-state index >= 15 is 0 Å². The van der Waals surface area contributed by atoms with E-state index in [1.165, 1.54) is 13.2 Å². The van der Waals surface area contributed by atoms with Crippen LogP contribution < -0.4 is 0 Å². The number of aliphatic hydroxyl groups is 1. The van der Waals surface area contributed by atoms with Gasteiger partial charge in [0, 0.05) is 17.9 Å². The zero-order valence-corrected chi connectivity index (χ0v) is 8.84. The number of esters is 1. The lowest BCUT2D eigenvalue weighted by molar-refractivity contribution is -0.144. The second-order valence-electron chi connectivity index (χ2n) is 3.51. The molecule has 1 heterocycles. The minimum Gasteiger partial charge on any atom is -0.464 e. The molecule has 16 heavy (non-hydrogen) atoms. The van der Waals surface area contributed by atoms with Gasteiger partial charge in [0.15, 0.2) is 0 Å². The van der Waals surface area contributed by atoms with Crippen molar-refractivity contribution in [1.82, 2.24) is 0 Å². The molecule has 1 aromatic heterocycles. The summed E-state index contributed by atoms with van der Waals surface area (Å²) < 4.78 is 10.0.